The number of piperidine rings is 1. The van der Waals surface area contributed by atoms with E-state index in [0.717, 1.165) is 12.8 Å². The van der Waals surface area contributed by atoms with E-state index in [1.54, 1.807) is 19.1 Å². The average Bonchev–Trinajstić information content (AvgIpc) is 3.08. The summed E-state index contributed by atoms with van der Waals surface area (Å²) < 4.78 is 41.7. The number of carbonyl (C=O) groups excluding carboxylic acids is 1. The van der Waals surface area contributed by atoms with Gasteiger partial charge in [-0.2, -0.15) is 4.31 Å². The van der Waals surface area contributed by atoms with Gasteiger partial charge >= 0.3 is 0 Å². The highest BCUT2D eigenvalue weighted by Gasteiger charge is 2.29. The van der Waals surface area contributed by atoms with Crippen molar-refractivity contribution < 1.29 is 17.6 Å². The van der Waals surface area contributed by atoms with Crippen LogP contribution in [0.1, 0.15) is 25.3 Å². The number of benzene rings is 1. The predicted molar refractivity (Wildman–Crippen MR) is 99.2 cm³/mol. The molecule has 1 aromatic carbocycles. The zero-order valence-electron chi connectivity index (χ0n) is 15.4. The fourth-order valence-electron chi connectivity index (χ4n) is 2.95. The van der Waals surface area contributed by atoms with Crippen molar-refractivity contribution in [2.45, 2.75) is 38.3 Å². The number of halogens is 1. The number of aryl methyl sites for hydroxylation is 1. The molecule has 1 N–H and O–H groups in total. The Morgan fingerprint density at radius 2 is 2.04 bits per heavy atom. The van der Waals surface area contributed by atoms with E-state index in [9.17, 15) is 17.6 Å². The normalized spacial score (nSPS) is 16.4. The second kappa shape index (κ2) is 7.77. The standard InChI is InChI=1S/C18H23FN4O3S/c1-13-5-7-23(8-6-13)27(25,26)18-11-22(12-20-18)10-17(24)21-15-4-3-14(2)16(19)9-15/h3-4,9,11-13H,5-8,10H2,1-2H3,(H,21,24). The lowest BCUT2D eigenvalue weighted by molar-refractivity contribution is -0.116. The summed E-state index contributed by atoms with van der Waals surface area (Å²) in [6, 6.07) is 4.43. The molecular weight excluding hydrogens is 371 g/mol. The fourth-order valence-corrected chi connectivity index (χ4v) is 4.36. The minimum Gasteiger partial charge on any atom is -0.327 e. The molecule has 27 heavy (non-hydrogen) atoms. The van der Waals surface area contributed by atoms with Crippen LogP contribution in [0.15, 0.2) is 35.7 Å². The summed E-state index contributed by atoms with van der Waals surface area (Å²) in [5.74, 6) is -0.282. The van der Waals surface area contributed by atoms with Crippen LogP contribution in [-0.2, 0) is 21.4 Å². The van der Waals surface area contributed by atoms with Crippen LogP contribution in [0.25, 0.3) is 0 Å². The molecular formula is C18H23FN4O3S. The number of carbonyl (C=O) groups is 1. The smallest absolute Gasteiger partial charge is 0.262 e. The van der Waals surface area contributed by atoms with Gasteiger partial charge in [0.05, 0.1) is 6.33 Å². The number of imidazole rings is 1. The van der Waals surface area contributed by atoms with E-state index >= 15 is 0 Å². The van der Waals surface area contributed by atoms with Crippen molar-refractivity contribution in [1.29, 1.82) is 0 Å². The maximum atomic E-state index is 13.6. The third-order valence-electron chi connectivity index (χ3n) is 4.74. The molecule has 2 heterocycles. The van der Waals surface area contributed by atoms with E-state index in [1.807, 2.05) is 0 Å². The van der Waals surface area contributed by atoms with Crippen molar-refractivity contribution >= 4 is 21.6 Å². The van der Waals surface area contributed by atoms with Crippen molar-refractivity contribution in [3.8, 4) is 0 Å². The molecule has 1 amide bonds. The van der Waals surface area contributed by atoms with Crippen molar-refractivity contribution in [3.63, 3.8) is 0 Å². The fraction of sp³-hybridized carbons (Fsp3) is 0.444. The van der Waals surface area contributed by atoms with E-state index in [2.05, 4.69) is 17.2 Å². The van der Waals surface area contributed by atoms with E-state index < -0.39 is 21.7 Å². The van der Waals surface area contributed by atoms with Gasteiger partial charge in [-0.3, -0.25) is 4.79 Å². The minimum absolute atomic E-state index is 0.0637. The Kier molecular flexibility index (Phi) is 5.61. The van der Waals surface area contributed by atoms with E-state index in [0.29, 0.717) is 30.3 Å². The molecule has 3 rings (SSSR count). The lowest BCUT2D eigenvalue weighted by Gasteiger charge is -2.28. The largest absolute Gasteiger partial charge is 0.327 e. The molecule has 7 nitrogen and oxygen atoms in total. The molecule has 0 spiro atoms. The maximum absolute atomic E-state index is 13.6. The summed E-state index contributed by atoms with van der Waals surface area (Å²) in [6.45, 7) is 4.59. The van der Waals surface area contributed by atoms with E-state index in [-0.39, 0.29) is 11.6 Å². The molecule has 1 aromatic heterocycles. The van der Waals surface area contributed by atoms with Gasteiger partial charge in [-0.15, -0.1) is 0 Å². The highest BCUT2D eigenvalue weighted by molar-refractivity contribution is 7.89. The Balaban J connectivity index is 1.64. The Labute approximate surface area is 158 Å². The summed E-state index contributed by atoms with van der Waals surface area (Å²) in [7, 11) is -3.65. The second-order valence-electron chi connectivity index (χ2n) is 6.98. The lowest BCUT2D eigenvalue weighted by atomic mass is 10.0. The zero-order chi connectivity index (χ0) is 19.6. The van der Waals surface area contributed by atoms with Gasteiger partial charge in [0.2, 0.25) is 5.91 Å². The number of sulfonamides is 1. The van der Waals surface area contributed by atoms with Gasteiger partial charge < -0.3 is 9.88 Å². The summed E-state index contributed by atoms with van der Waals surface area (Å²) in [5.41, 5.74) is 0.836. The van der Waals surface area contributed by atoms with Crippen LogP contribution >= 0.6 is 0 Å². The Bertz CT molecular complexity index is 934. The molecule has 1 fully saturated rings. The average molecular weight is 394 g/mol. The molecule has 0 aliphatic carbocycles. The van der Waals surface area contributed by atoms with Crippen LogP contribution in [0.5, 0.6) is 0 Å². The van der Waals surface area contributed by atoms with Crippen molar-refractivity contribution in [1.82, 2.24) is 13.9 Å². The van der Waals surface area contributed by atoms with Crippen LogP contribution < -0.4 is 5.32 Å². The predicted octanol–water partition coefficient (Wildman–Crippen LogP) is 2.39. The number of aromatic nitrogens is 2. The van der Waals surface area contributed by atoms with Crippen molar-refractivity contribution in [3.05, 3.63) is 42.1 Å². The molecule has 146 valence electrons. The Morgan fingerprint density at radius 1 is 1.33 bits per heavy atom. The van der Waals surface area contributed by atoms with Gasteiger partial charge in [-0.25, -0.2) is 17.8 Å². The molecule has 2 aromatic rings. The first-order valence-corrected chi connectivity index (χ1v) is 10.3. The van der Waals surface area contributed by atoms with Crippen LogP contribution in [0, 0.1) is 18.7 Å². The van der Waals surface area contributed by atoms with Gasteiger partial charge in [0.1, 0.15) is 12.4 Å². The highest BCUT2D eigenvalue weighted by atomic mass is 32.2. The first-order chi connectivity index (χ1) is 12.8. The number of nitrogens with one attached hydrogen (secondary N) is 1. The van der Waals surface area contributed by atoms with Crippen LogP contribution in [0.4, 0.5) is 10.1 Å². The monoisotopic (exact) mass is 394 g/mol. The molecule has 0 unspecified atom stereocenters. The van der Waals surface area contributed by atoms with E-state index in [1.165, 1.54) is 27.5 Å². The molecule has 9 heteroatoms. The molecule has 0 saturated carbocycles. The van der Waals surface area contributed by atoms with Gasteiger partial charge in [-0.05, 0) is 43.4 Å². The van der Waals surface area contributed by atoms with Gasteiger partial charge in [0, 0.05) is 25.0 Å². The highest BCUT2D eigenvalue weighted by Crippen LogP contribution is 2.22. The van der Waals surface area contributed by atoms with E-state index in [4.69, 9.17) is 0 Å². The Hall–Kier alpha value is -2.26. The summed E-state index contributed by atoms with van der Waals surface area (Å²) >= 11 is 0. The molecule has 1 aliphatic heterocycles. The van der Waals surface area contributed by atoms with Gasteiger partial charge in [-0.1, -0.05) is 13.0 Å². The molecule has 0 bridgehead atoms. The lowest BCUT2D eigenvalue weighted by Crippen LogP contribution is -2.38. The van der Waals surface area contributed by atoms with Gasteiger partial charge in [0.15, 0.2) is 5.03 Å². The molecule has 0 atom stereocenters. The van der Waals surface area contributed by atoms with Gasteiger partial charge in [0.25, 0.3) is 10.0 Å². The summed E-state index contributed by atoms with van der Waals surface area (Å²) in [4.78, 5) is 16.1. The van der Waals surface area contributed by atoms with Crippen LogP contribution in [0.3, 0.4) is 0 Å². The first-order valence-electron chi connectivity index (χ1n) is 8.83. The number of hydrogen-bond donors (Lipinski definition) is 1. The Morgan fingerprint density at radius 3 is 2.70 bits per heavy atom. The minimum atomic E-state index is -3.65. The number of rotatable bonds is 5. The molecule has 0 radical (unpaired) electrons. The number of anilines is 1. The second-order valence-corrected chi connectivity index (χ2v) is 8.87. The topological polar surface area (TPSA) is 84.3 Å². The van der Waals surface area contributed by atoms with Crippen molar-refractivity contribution in [2.75, 3.05) is 18.4 Å². The molecule has 1 aliphatic rings. The first kappa shape index (κ1) is 19.5. The summed E-state index contributed by atoms with van der Waals surface area (Å²) in [5, 5.41) is 2.52. The molecule has 1 saturated heterocycles. The number of hydrogen-bond acceptors (Lipinski definition) is 4. The quantitative estimate of drug-likeness (QED) is 0.844. The summed E-state index contributed by atoms with van der Waals surface area (Å²) in [6.07, 6.45) is 4.32. The maximum Gasteiger partial charge on any atom is 0.262 e. The van der Waals surface area contributed by atoms with Crippen LogP contribution in [0.2, 0.25) is 0 Å². The number of amides is 1. The number of nitrogens with zero attached hydrogens (tertiary/aromatic N) is 3. The van der Waals surface area contributed by atoms with Crippen LogP contribution in [-0.4, -0.2) is 41.3 Å². The third kappa shape index (κ3) is 4.54. The van der Waals surface area contributed by atoms with Crippen molar-refractivity contribution in [2.24, 2.45) is 5.92 Å². The zero-order valence-corrected chi connectivity index (χ0v) is 16.2. The third-order valence-corrected chi connectivity index (χ3v) is 6.52. The SMILES string of the molecule is Cc1ccc(NC(=O)Cn2cnc(S(=O)(=O)N3CCC(C)CC3)c2)cc1F.